The Morgan fingerprint density at radius 2 is 1.54 bits per heavy atom. The summed E-state index contributed by atoms with van der Waals surface area (Å²) in [6.45, 7) is 0. The number of rotatable bonds is 6. The van der Waals surface area contributed by atoms with Crippen molar-refractivity contribution in [1.29, 1.82) is 0 Å². The predicted molar refractivity (Wildman–Crippen MR) is 101 cm³/mol. The van der Waals surface area contributed by atoms with Crippen LogP contribution in [0.4, 0.5) is 5.69 Å². The van der Waals surface area contributed by atoms with E-state index in [1.807, 2.05) is 0 Å². The third kappa shape index (κ3) is 3.78. The Balaban J connectivity index is 2.64. The summed E-state index contributed by atoms with van der Waals surface area (Å²) in [4.78, 5) is 12.2. The molecule has 0 atom stereocenters. The van der Waals surface area contributed by atoms with E-state index in [1.54, 1.807) is 12.1 Å². The highest BCUT2D eigenvalue weighted by molar-refractivity contribution is 9.10. The van der Waals surface area contributed by atoms with Crippen LogP contribution >= 0.6 is 15.9 Å². The van der Waals surface area contributed by atoms with Crippen LogP contribution < -0.4 is 13.8 Å². The molecule has 2 aromatic carbocycles. The molecule has 0 heterocycles. The van der Waals surface area contributed by atoms with E-state index in [9.17, 15) is 13.2 Å². The first-order chi connectivity index (χ1) is 12.3. The molecule has 0 radical (unpaired) electrons. The molecule has 0 N–H and O–H groups in total. The summed E-state index contributed by atoms with van der Waals surface area (Å²) in [7, 11) is 1.49. The van der Waals surface area contributed by atoms with E-state index in [0.29, 0.717) is 0 Å². The van der Waals surface area contributed by atoms with Crippen molar-refractivity contribution < 1.29 is 27.4 Å². The quantitative estimate of drug-likeness (QED) is 0.637. The Kier molecular flexibility index (Phi) is 6.14. The van der Waals surface area contributed by atoms with Crippen molar-refractivity contribution in [3.05, 3.63) is 46.4 Å². The number of nitrogens with zero attached hydrogens (tertiary/aromatic N) is 1. The average molecular weight is 444 g/mol. The van der Waals surface area contributed by atoms with Crippen LogP contribution in [0.1, 0.15) is 10.4 Å². The molecule has 0 saturated carbocycles. The molecule has 0 saturated heterocycles. The van der Waals surface area contributed by atoms with Crippen molar-refractivity contribution in [2.24, 2.45) is 0 Å². The number of hydrogen-bond donors (Lipinski definition) is 0. The van der Waals surface area contributed by atoms with Crippen LogP contribution in [0.25, 0.3) is 0 Å². The second kappa shape index (κ2) is 7.96. The lowest BCUT2D eigenvalue weighted by Gasteiger charge is -2.23. The fourth-order valence-electron chi connectivity index (χ4n) is 2.30. The molecule has 2 rings (SSSR count). The lowest BCUT2D eigenvalue weighted by Crippen LogP contribution is -2.28. The Labute approximate surface area is 160 Å². The summed E-state index contributed by atoms with van der Waals surface area (Å²) in [6.07, 6.45) is 0. The summed E-state index contributed by atoms with van der Waals surface area (Å²) >= 11 is 3.27. The van der Waals surface area contributed by atoms with Crippen molar-refractivity contribution in [2.45, 2.75) is 4.90 Å². The number of sulfonamides is 1. The van der Waals surface area contributed by atoms with Crippen LogP contribution in [0.5, 0.6) is 11.5 Å². The molecule has 26 heavy (non-hydrogen) atoms. The summed E-state index contributed by atoms with van der Waals surface area (Å²) in [5.41, 5.74) is 0.144. The SMILES string of the molecule is COC(=O)c1cc(OC)c(OC)cc1N(C)S(=O)(=O)c1ccc(Br)cc1. The molecule has 0 unspecified atom stereocenters. The number of carbonyl (C=O) groups is 1. The van der Waals surface area contributed by atoms with Gasteiger partial charge in [-0.2, -0.15) is 0 Å². The number of hydrogen-bond acceptors (Lipinski definition) is 6. The molecule has 0 aromatic heterocycles. The molecule has 7 nitrogen and oxygen atoms in total. The van der Waals surface area contributed by atoms with Gasteiger partial charge in [0.2, 0.25) is 0 Å². The van der Waals surface area contributed by atoms with Gasteiger partial charge in [-0.25, -0.2) is 13.2 Å². The topological polar surface area (TPSA) is 82.1 Å². The Morgan fingerprint density at radius 3 is 2.04 bits per heavy atom. The van der Waals surface area contributed by atoms with Gasteiger partial charge in [0.1, 0.15) is 0 Å². The zero-order valence-electron chi connectivity index (χ0n) is 14.6. The molecule has 0 aliphatic heterocycles. The van der Waals surface area contributed by atoms with E-state index in [2.05, 4.69) is 15.9 Å². The largest absolute Gasteiger partial charge is 0.493 e. The van der Waals surface area contributed by atoms with E-state index >= 15 is 0 Å². The van der Waals surface area contributed by atoms with Crippen LogP contribution in [0.3, 0.4) is 0 Å². The number of carbonyl (C=O) groups excluding carboxylic acids is 1. The molecule has 0 fully saturated rings. The molecule has 0 aliphatic rings. The smallest absolute Gasteiger partial charge is 0.340 e. The highest BCUT2D eigenvalue weighted by Crippen LogP contribution is 2.37. The van der Waals surface area contributed by atoms with Crippen LogP contribution in [0.15, 0.2) is 45.8 Å². The molecule has 2 aromatic rings. The van der Waals surface area contributed by atoms with Crippen LogP contribution in [-0.2, 0) is 14.8 Å². The molecule has 140 valence electrons. The maximum Gasteiger partial charge on any atom is 0.340 e. The minimum Gasteiger partial charge on any atom is -0.493 e. The van der Waals surface area contributed by atoms with Gasteiger partial charge in [-0.15, -0.1) is 0 Å². The van der Waals surface area contributed by atoms with E-state index < -0.39 is 16.0 Å². The molecule has 0 aliphatic carbocycles. The zero-order chi connectivity index (χ0) is 19.5. The number of benzene rings is 2. The van der Waals surface area contributed by atoms with Crippen LogP contribution in [-0.4, -0.2) is 42.8 Å². The van der Waals surface area contributed by atoms with E-state index in [0.717, 1.165) is 8.78 Å². The van der Waals surface area contributed by atoms with Gasteiger partial charge in [0.05, 0.1) is 37.5 Å². The summed E-state index contributed by atoms with van der Waals surface area (Å²) < 4.78 is 42.8. The second-order valence-electron chi connectivity index (χ2n) is 5.14. The van der Waals surface area contributed by atoms with Gasteiger partial charge in [0.25, 0.3) is 10.0 Å². The summed E-state index contributed by atoms with van der Waals surface area (Å²) in [5, 5.41) is 0. The average Bonchev–Trinajstić information content (AvgIpc) is 2.65. The summed E-state index contributed by atoms with van der Waals surface area (Å²) in [6, 6.07) is 8.98. The molecule has 0 bridgehead atoms. The Bertz CT molecular complexity index is 912. The minimum absolute atomic E-state index is 0.0355. The Morgan fingerprint density at radius 1 is 1.00 bits per heavy atom. The first-order valence-electron chi connectivity index (χ1n) is 7.35. The van der Waals surface area contributed by atoms with Gasteiger partial charge in [0, 0.05) is 23.7 Å². The fourth-order valence-corrected chi connectivity index (χ4v) is 3.77. The maximum atomic E-state index is 12.9. The normalized spacial score (nSPS) is 11.0. The van der Waals surface area contributed by atoms with Crippen LogP contribution in [0.2, 0.25) is 0 Å². The van der Waals surface area contributed by atoms with Crippen molar-refractivity contribution in [2.75, 3.05) is 32.7 Å². The van der Waals surface area contributed by atoms with E-state index in [4.69, 9.17) is 14.2 Å². The fraction of sp³-hybridized carbons (Fsp3) is 0.235. The third-order valence-corrected chi connectivity index (χ3v) is 6.03. The van der Waals surface area contributed by atoms with Gasteiger partial charge in [-0.1, -0.05) is 15.9 Å². The number of methoxy groups -OCH3 is 3. The summed E-state index contributed by atoms with van der Waals surface area (Å²) in [5.74, 6) is -0.127. The van der Waals surface area contributed by atoms with Gasteiger partial charge < -0.3 is 14.2 Å². The lowest BCUT2D eigenvalue weighted by molar-refractivity contribution is 0.0601. The molecule has 0 amide bonds. The van der Waals surface area contributed by atoms with Crippen molar-refractivity contribution in [3.63, 3.8) is 0 Å². The first kappa shape index (κ1) is 20.1. The molecule has 0 spiro atoms. The third-order valence-electron chi connectivity index (χ3n) is 3.72. The molecule has 9 heteroatoms. The van der Waals surface area contributed by atoms with Gasteiger partial charge >= 0.3 is 5.97 Å². The molecular weight excluding hydrogens is 426 g/mol. The van der Waals surface area contributed by atoms with Crippen molar-refractivity contribution in [1.82, 2.24) is 0 Å². The lowest BCUT2D eigenvalue weighted by atomic mass is 10.1. The minimum atomic E-state index is -3.91. The van der Waals surface area contributed by atoms with Crippen molar-refractivity contribution in [3.8, 4) is 11.5 Å². The standard InChI is InChI=1S/C17H18BrNO6S/c1-19(26(21,22)12-7-5-11(18)6-8-12)14-10-16(24-3)15(23-2)9-13(14)17(20)25-4/h5-10H,1-4H3. The predicted octanol–water partition coefficient (Wildman–Crippen LogP) is 3.08. The van der Waals surface area contributed by atoms with Crippen molar-refractivity contribution >= 4 is 37.6 Å². The van der Waals surface area contributed by atoms with E-state index in [-0.39, 0.29) is 27.6 Å². The monoisotopic (exact) mass is 443 g/mol. The van der Waals surface area contributed by atoms with E-state index in [1.165, 1.54) is 52.6 Å². The highest BCUT2D eigenvalue weighted by atomic mass is 79.9. The maximum absolute atomic E-state index is 12.9. The van der Waals surface area contributed by atoms with Gasteiger partial charge in [0.15, 0.2) is 11.5 Å². The Hall–Kier alpha value is -2.26. The highest BCUT2D eigenvalue weighted by Gasteiger charge is 2.27. The number of ether oxygens (including phenoxy) is 3. The van der Waals surface area contributed by atoms with Crippen LogP contribution in [0, 0.1) is 0 Å². The number of halogens is 1. The van der Waals surface area contributed by atoms with Gasteiger partial charge in [-0.05, 0) is 24.3 Å². The van der Waals surface area contributed by atoms with Gasteiger partial charge in [-0.3, -0.25) is 4.31 Å². The number of esters is 1. The zero-order valence-corrected chi connectivity index (χ0v) is 17.0. The first-order valence-corrected chi connectivity index (χ1v) is 9.58. The second-order valence-corrected chi connectivity index (χ2v) is 8.03. The number of anilines is 1. The molecular formula is C17H18BrNO6S.